The molecule has 0 aliphatic carbocycles. The second kappa shape index (κ2) is 5.21. The third kappa shape index (κ3) is 2.66. The van der Waals surface area contributed by atoms with E-state index in [-0.39, 0.29) is 6.04 Å². The van der Waals surface area contributed by atoms with Crippen molar-refractivity contribution in [3.63, 3.8) is 0 Å². The van der Waals surface area contributed by atoms with E-state index in [1.807, 2.05) is 17.5 Å². The maximum absolute atomic E-state index is 10.0. The highest BCUT2D eigenvalue weighted by atomic mass is 32.1. The van der Waals surface area contributed by atoms with Crippen molar-refractivity contribution in [3.05, 3.63) is 52.5 Å². The lowest BCUT2D eigenvalue weighted by Gasteiger charge is -2.18. The summed E-state index contributed by atoms with van der Waals surface area (Å²) >= 11 is 1.66. The molecule has 2 heterocycles. The molecule has 0 fully saturated rings. The van der Waals surface area contributed by atoms with Gasteiger partial charge in [-0.25, -0.2) is 0 Å². The minimum absolute atomic E-state index is 0.277. The predicted molar refractivity (Wildman–Crippen MR) is 65.2 cm³/mol. The van der Waals surface area contributed by atoms with Gasteiger partial charge in [0.2, 0.25) is 0 Å². The van der Waals surface area contributed by atoms with E-state index in [1.165, 1.54) is 4.88 Å². The zero-order valence-electron chi connectivity index (χ0n) is 8.78. The molecule has 2 unspecified atom stereocenters. The Kier molecular flexibility index (Phi) is 3.66. The van der Waals surface area contributed by atoms with E-state index in [4.69, 9.17) is 5.73 Å². The fourth-order valence-electron chi connectivity index (χ4n) is 1.58. The van der Waals surface area contributed by atoms with Gasteiger partial charge in [-0.3, -0.25) is 4.98 Å². The number of pyridine rings is 1. The van der Waals surface area contributed by atoms with Crippen LogP contribution in [0, 0.1) is 0 Å². The van der Waals surface area contributed by atoms with Crippen LogP contribution in [0.1, 0.15) is 16.5 Å². The van der Waals surface area contributed by atoms with E-state index in [0.29, 0.717) is 6.42 Å². The molecule has 0 saturated heterocycles. The molecule has 84 valence electrons. The predicted octanol–water partition coefficient (Wildman–Crippen LogP) is 1.75. The van der Waals surface area contributed by atoms with Crippen molar-refractivity contribution in [1.29, 1.82) is 0 Å². The van der Waals surface area contributed by atoms with Crippen LogP contribution in [0.2, 0.25) is 0 Å². The van der Waals surface area contributed by atoms with E-state index < -0.39 is 6.10 Å². The Morgan fingerprint density at radius 2 is 2.06 bits per heavy atom. The van der Waals surface area contributed by atoms with E-state index in [1.54, 1.807) is 35.9 Å². The number of rotatable bonds is 4. The summed E-state index contributed by atoms with van der Waals surface area (Å²) in [4.78, 5) is 5.11. The molecule has 0 aliphatic rings. The molecule has 0 aromatic carbocycles. The van der Waals surface area contributed by atoms with E-state index >= 15 is 0 Å². The van der Waals surface area contributed by atoms with Crippen LogP contribution in [0.4, 0.5) is 0 Å². The van der Waals surface area contributed by atoms with Crippen LogP contribution >= 0.6 is 11.3 Å². The Morgan fingerprint density at radius 3 is 2.69 bits per heavy atom. The monoisotopic (exact) mass is 234 g/mol. The smallest absolute Gasteiger partial charge is 0.0945 e. The first kappa shape index (κ1) is 11.3. The van der Waals surface area contributed by atoms with Gasteiger partial charge in [0, 0.05) is 23.3 Å². The van der Waals surface area contributed by atoms with Crippen LogP contribution in [0.3, 0.4) is 0 Å². The molecule has 16 heavy (non-hydrogen) atoms. The SMILES string of the molecule is NC(Cc1cccs1)C(O)c1ccncc1. The topological polar surface area (TPSA) is 59.1 Å². The molecular weight excluding hydrogens is 220 g/mol. The Hall–Kier alpha value is -1.23. The lowest BCUT2D eigenvalue weighted by atomic mass is 10.0. The number of aliphatic hydroxyl groups excluding tert-OH is 1. The fourth-order valence-corrected chi connectivity index (χ4v) is 2.36. The summed E-state index contributed by atoms with van der Waals surface area (Å²) < 4.78 is 0. The quantitative estimate of drug-likeness (QED) is 0.847. The molecule has 0 aliphatic heterocycles. The highest BCUT2D eigenvalue weighted by molar-refractivity contribution is 7.09. The summed E-state index contributed by atoms with van der Waals surface area (Å²) in [5.41, 5.74) is 6.80. The highest BCUT2D eigenvalue weighted by Crippen LogP contribution is 2.19. The first-order valence-electron chi connectivity index (χ1n) is 5.13. The fraction of sp³-hybridized carbons (Fsp3) is 0.250. The number of hydrogen-bond acceptors (Lipinski definition) is 4. The molecule has 0 radical (unpaired) electrons. The first-order chi connectivity index (χ1) is 7.77. The highest BCUT2D eigenvalue weighted by Gasteiger charge is 2.17. The minimum atomic E-state index is -0.634. The molecular formula is C12H14N2OS. The minimum Gasteiger partial charge on any atom is -0.387 e. The molecule has 3 N–H and O–H groups in total. The van der Waals surface area contributed by atoms with Gasteiger partial charge in [0.05, 0.1) is 6.10 Å². The van der Waals surface area contributed by atoms with Gasteiger partial charge in [-0.1, -0.05) is 6.07 Å². The van der Waals surface area contributed by atoms with Crippen LogP contribution < -0.4 is 5.73 Å². The maximum Gasteiger partial charge on any atom is 0.0945 e. The van der Waals surface area contributed by atoms with Crippen LogP contribution in [-0.2, 0) is 6.42 Å². The maximum atomic E-state index is 10.0. The van der Waals surface area contributed by atoms with Crippen LogP contribution in [-0.4, -0.2) is 16.1 Å². The van der Waals surface area contributed by atoms with Crippen molar-refractivity contribution in [2.75, 3.05) is 0 Å². The third-order valence-corrected chi connectivity index (χ3v) is 3.37. The Morgan fingerprint density at radius 1 is 1.31 bits per heavy atom. The van der Waals surface area contributed by atoms with Crippen molar-refractivity contribution in [2.45, 2.75) is 18.6 Å². The molecule has 2 rings (SSSR count). The molecule has 2 aromatic heterocycles. The summed E-state index contributed by atoms with van der Waals surface area (Å²) in [7, 11) is 0. The molecule has 0 spiro atoms. The number of thiophene rings is 1. The molecule has 0 bridgehead atoms. The van der Waals surface area contributed by atoms with Gasteiger partial charge in [0.1, 0.15) is 0 Å². The molecule has 0 saturated carbocycles. The molecule has 4 heteroatoms. The lowest BCUT2D eigenvalue weighted by molar-refractivity contribution is 0.146. The van der Waals surface area contributed by atoms with Gasteiger partial charge >= 0.3 is 0 Å². The van der Waals surface area contributed by atoms with Crippen molar-refractivity contribution in [1.82, 2.24) is 4.98 Å². The van der Waals surface area contributed by atoms with Crippen molar-refractivity contribution < 1.29 is 5.11 Å². The molecule has 0 amide bonds. The summed E-state index contributed by atoms with van der Waals surface area (Å²) in [5.74, 6) is 0. The second-order valence-electron chi connectivity index (χ2n) is 3.67. The van der Waals surface area contributed by atoms with E-state index in [2.05, 4.69) is 4.98 Å². The lowest BCUT2D eigenvalue weighted by Crippen LogP contribution is -2.30. The standard InChI is InChI=1S/C12H14N2OS/c13-11(8-10-2-1-7-16-10)12(15)9-3-5-14-6-4-9/h1-7,11-12,15H,8,13H2. The van der Waals surface area contributed by atoms with Crippen LogP contribution in [0.5, 0.6) is 0 Å². The average Bonchev–Trinajstić information content (AvgIpc) is 2.82. The van der Waals surface area contributed by atoms with Gasteiger partial charge in [-0.05, 0) is 35.6 Å². The normalized spacial score (nSPS) is 14.6. The number of hydrogen-bond donors (Lipinski definition) is 2. The van der Waals surface area contributed by atoms with Crippen LogP contribution in [0.15, 0.2) is 42.0 Å². The second-order valence-corrected chi connectivity index (χ2v) is 4.70. The average molecular weight is 234 g/mol. The summed E-state index contributed by atoms with van der Waals surface area (Å²) in [5, 5.41) is 12.1. The zero-order chi connectivity index (χ0) is 11.4. The van der Waals surface area contributed by atoms with Gasteiger partial charge in [-0.15, -0.1) is 11.3 Å². The Labute approximate surface area is 98.6 Å². The molecule has 3 nitrogen and oxygen atoms in total. The van der Waals surface area contributed by atoms with Crippen molar-refractivity contribution in [3.8, 4) is 0 Å². The van der Waals surface area contributed by atoms with Gasteiger partial charge < -0.3 is 10.8 Å². The van der Waals surface area contributed by atoms with E-state index in [9.17, 15) is 5.11 Å². The largest absolute Gasteiger partial charge is 0.387 e. The number of aromatic nitrogens is 1. The number of nitrogens with zero attached hydrogens (tertiary/aromatic N) is 1. The molecule has 2 aromatic rings. The third-order valence-electron chi connectivity index (χ3n) is 2.47. The summed E-state index contributed by atoms with van der Waals surface area (Å²) in [6.45, 7) is 0. The first-order valence-corrected chi connectivity index (χ1v) is 6.01. The van der Waals surface area contributed by atoms with Crippen molar-refractivity contribution in [2.24, 2.45) is 5.73 Å². The van der Waals surface area contributed by atoms with Crippen molar-refractivity contribution >= 4 is 11.3 Å². The zero-order valence-corrected chi connectivity index (χ0v) is 9.60. The number of aliphatic hydroxyl groups is 1. The van der Waals surface area contributed by atoms with Gasteiger partial charge in [0.25, 0.3) is 0 Å². The Bertz CT molecular complexity index is 416. The van der Waals surface area contributed by atoms with Gasteiger partial charge in [-0.2, -0.15) is 0 Å². The van der Waals surface area contributed by atoms with Gasteiger partial charge in [0.15, 0.2) is 0 Å². The summed E-state index contributed by atoms with van der Waals surface area (Å²) in [6.07, 6.45) is 3.39. The molecule has 2 atom stereocenters. The Balaban J connectivity index is 2.02. The summed E-state index contributed by atoms with van der Waals surface area (Å²) in [6, 6.07) is 7.33. The van der Waals surface area contributed by atoms with E-state index in [0.717, 1.165) is 5.56 Å². The van der Waals surface area contributed by atoms with Crippen LogP contribution in [0.25, 0.3) is 0 Å². The number of nitrogens with two attached hydrogens (primary N) is 1.